The Morgan fingerprint density at radius 3 is 2.31 bits per heavy atom. The molecule has 1 atom stereocenters. The Hall–Kier alpha value is -0.560. The Morgan fingerprint density at radius 2 is 1.75 bits per heavy atom. The second-order valence-corrected chi connectivity index (χ2v) is 2.08. The van der Waals surface area contributed by atoms with Gasteiger partial charge in [-0.3, -0.25) is 5.73 Å². The van der Waals surface area contributed by atoms with Gasteiger partial charge in [-0.1, -0.05) is 0 Å². The van der Waals surface area contributed by atoms with Gasteiger partial charge in [0.15, 0.2) is 0 Å². The van der Waals surface area contributed by atoms with Crippen molar-refractivity contribution in [3.8, 4) is 0 Å². The zero-order valence-electron chi connectivity index (χ0n) is 7.98. The summed E-state index contributed by atoms with van der Waals surface area (Å²) in [6.07, 6.45) is 0. The maximum atomic E-state index is 5.44. The van der Waals surface area contributed by atoms with E-state index in [0.29, 0.717) is 0 Å². The Balaban J connectivity index is 2.63. The lowest BCUT2D eigenvalue weighted by molar-refractivity contribution is -0.618. The molecule has 1 heterocycles. The second-order valence-electron chi connectivity index (χ2n) is 2.08. The van der Waals surface area contributed by atoms with Crippen LogP contribution in [-0.2, 0) is 34.3 Å². The van der Waals surface area contributed by atoms with Crippen LogP contribution in [0.3, 0.4) is 0 Å². The molecule has 1 saturated heterocycles. The average Bonchev–Trinajstić information content (AvgIpc) is 2.38. The van der Waals surface area contributed by atoms with Gasteiger partial charge >= 0.3 is 6.03 Å². The van der Waals surface area contributed by atoms with Gasteiger partial charge in [-0.25, -0.2) is 0 Å². The zero-order valence-corrected chi connectivity index (χ0v) is 7.98. The minimum atomic E-state index is -2.04. The van der Waals surface area contributed by atoms with Crippen LogP contribution in [0.4, 0.5) is 0 Å². The molecule has 1 aliphatic heterocycles. The number of nitrogens with one attached hydrogen (secondary N) is 2. The lowest BCUT2D eigenvalue weighted by Gasteiger charge is -2.27. The van der Waals surface area contributed by atoms with E-state index in [9.17, 15) is 0 Å². The van der Waals surface area contributed by atoms with Crippen LogP contribution in [0.15, 0.2) is 0 Å². The summed E-state index contributed by atoms with van der Waals surface area (Å²) < 4.78 is 4.65. The summed E-state index contributed by atoms with van der Waals surface area (Å²) >= 11 is 0. The van der Waals surface area contributed by atoms with Gasteiger partial charge in [-0.05, 0) is 5.64 Å². The van der Waals surface area contributed by atoms with Crippen LogP contribution in [0.2, 0.25) is 0 Å². The molecule has 0 aliphatic carbocycles. The lowest BCUT2D eigenvalue weighted by atomic mass is 10.9. The third-order valence-electron chi connectivity index (χ3n) is 1.17. The molecule has 1 rings (SSSR count). The Kier molecular flexibility index (Phi) is 5.27. The molecule has 0 saturated carbocycles. The molecule has 0 aromatic rings. The first kappa shape index (κ1) is 13.5. The first-order valence-electron chi connectivity index (χ1n) is 3.53. The number of rotatable bonds is 3. The van der Waals surface area contributed by atoms with E-state index in [4.69, 9.17) is 17.5 Å². The molecule has 16 heavy (non-hydrogen) atoms. The van der Waals surface area contributed by atoms with Crippen LogP contribution in [0.1, 0.15) is 0 Å². The van der Waals surface area contributed by atoms with Gasteiger partial charge in [-0.2, -0.15) is 26.5 Å². The van der Waals surface area contributed by atoms with Crippen LogP contribution in [0.5, 0.6) is 0 Å². The maximum Gasteiger partial charge on any atom is 0.334 e. The standard InChI is InChI=1S/C2H11N7O7/c1-10-2(3)6-14-9(13-5)16-7-15-8(11-2)12-4/h6-7H,3-5H2,1H3/t2-/m0/s1. The van der Waals surface area contributed by atoms with Crippen molar-refractivity contribution in [1.82, 2.24) is 21.9 Å². The average molecular weight is 245 g/mol. The Bertz CT molecular complexity index is 207. The Labute approximate surface area is 88.0 Å². The van der Waals surface area contributed by atoms with Gasteiger partial charge in [-0.15, -0.1) is 20.3 Å². The molecule has 1 aliphatic rings. The third-order valence-corrected chi connectivity index (χ3v) is 1.17. The largest absolute Gasteiger partial charge is 0.334 e. The molecule has 0 unspecified atom stereocenters. The smallest absolute Gasteiger partial charge is 0.325 e. The van der Waals surface area contributed by atoms with Crippen LogP contribution < -0.4 is 28.7 Å². The summed E-state index contributed by atoms with van der Waals surface area (Å²) in [5.74, 6) is 9.47. The van der Waals surface area contributed by atoms with E-state index in [-0.39, 0.29) is 10.8 Å². The monoisotopic (exact) mass is 245 g/mol. The molecule has 0 amide bonds. The van der Waals surface area contributed by atoms with E-state index in [2.05, 4.69) is 34.3 Å². The predicted octanol–water partition coefficient (Wildman–Crippen LogP) is -3.92. The highest BCUT2D eigenvalue weighted by atomic mass is 17.4. The molecule has 96 valence electrons. The van der Waals surface area contributed by atoms with Crippen molar-refractivity contribution in [1.29, 1.82) is 0 Å². The van der Waals surface area contributed by atoms with Crippen molar-refractivity contribution in [3.63, 3.8) is 0 Å². The van der Waals surface area contributed by atoms with E-state index in [1.54, 1.807) is 5.64 Å². The number of nitrogens with two attached hydrogens (primary N) is 3. The maximum absolute atomic E-state index is 5.44. The first-order valence-corrected chi connectivity index (χ1v) is 3.53. The van der Waals surface area contributed by atoms with Crippen molar-refractivity contribution in [2.75, 3.05) is 7.11 Å². The fourth-order valence-electron chi connectivity index (χ4n) is 0.510. The Morgan fingerprint density at radius 1 is 1.12 bits per heavy atom. The summed E-state index contributed by atoms with van der Waals surface area (Å²) in [6.45, 7) is 0. The fourth-order valence-corrected chi connectivity index (χ4v) is 0.510. The normalized spacial score (nSPS) is 30.8. The minimum absolute atomic E-state index is 0.194. The summed E-state index contributed by atoms with van der Waals surface area (Å²) in [5.41, 5.74) is 9.15. The topological polar surface area (TPSA) is 173 Å². The quantitative estimate of drug-likeness (QED) is 0.241. The van der Waals surface area contributed by atoms with Crippen molar-refractivity contribution in [3.05, 3.63) is 0 Å². The summed E-state index contributed by atoms with van der Waals surface area (Å²) in [5, 5.41) is 0.407. The van der Waals surface area contributed by atoms with Crippen LogP contribution in [-0.4, -0.2) is 23.9 Å². The molecule has 8 N–H and O–H groups in total. The molecule has 0 bridgehead atoms. The second kappa shape index (κ2) is 6.24. The fraction of sp³-hybridized carbons (Fsp3) is 1.00. The highest BCUT2D eigenvalue weighted by molar-refractivity contribution is 4.44. The number of nitrogens with zero attached hydrogens (tertiary/aromatic N) is 2. The van der Waals surface area contributed by atoms with Gasteiger partial charge < -0.3 is 4.74 Å². The third kappa shape index (κ3) is 3.79. The van der Waals surface area contributed by atoms with Crippen LogP contribution >= 0.6 is 0 Å². The van der Waals surface area contributed by atoms with Gasteiger partial charge in [0, 0.05) is 7.11 Å². The molecule has 0 radical (unpaired) electrons. The first-order chi connectivity index (χ1) is 7.63. The summed E-state index contributed by atoms with van der Waals surface area (Å²) in [4.78, 5) is 25.9. The molecule has 0 aromatic heterocycles. The van der Waals surface area contributed by atoms with Gasteiger partial charge in [0.25, 0.3) is 0 Å². The number of hydroxylamine groups is 1. The molecular formula is C2H11N7O7. The molecule has 1 fully saturated rings. The SMILES string of the molecule is CO[C@]1(N)NON(ON)ONON(ON)O1. The van der Waals surface area contributed by atoms with Crippen LogP contribution in [0, 0.1) is 0 Å². The minimum Gasteiger partial charge on any atom is -0.325 e. The number of ether oxygens (including phenoxy) is 1. The van der Waals surface area contributed by atoms with Crippen molar-refractivity contribution >= 4 is 0 Å². The summed E-state index contributed by atoms with van der Waals surface area (Å²) in [7, 11) is 1.17. The summed E-state index contributed by atoms with van der Waals surface area (Å²) in [6, 6.07) is -2.04. The van der Waals surface area contributed by atoms with Crippen LogP contribution in [0.25, 0.3) is 0 Å². The predicted molar refractivity (Wildman–Crippen MR) is 38.8 cm³/mol. The van der Waals surface area contributed by atoms with E-state index in [1.807, 2.05) is 5.48 Å². The van der Waals surface area contributed by atoms with Crippen molar-refractivity contribution in [2.45, 2.75) is 6.03 Å². The molecule has 14 nitrogen and oxygen atoms in total. The molecule has 14 heteroatoms. The van der Waals surface area contributed by atoms with Gasteiger partial charge in [0.05, 0.1) is 0 Å². The number of hydrogen-bond donors (Lipinski definition) is 5. The number of methoxy groups -OCH3 is 1. The zero-order chi connectivity index (χ0) is 12.0. The lowest BCUT2D eigenvalue weighted by Crippen LogP contribution is -2.60. The van der Waals surface area contributed by atoms with Crippen molar-refractivity contribution < 1.29 is 34.3 Å². The molecular weight excluding hydrogens is 234 g/mol. The van der Waals surface area contributed by atoms with Gasteiger partial charge in [0.1, 0.15) is 10.8 Å². The van der Waals surface area contributed by atoms with E-state index >= 15 is 0 Å². The van der Waals surface area contributed by atoms with E-state index in [0.717, 1.165) is 0 Å². The van der Waals surface area contributed by atoms with E-state index in [1.165, 1.54) is 7.11 Å². The number of hydrogen-bond acceptors (Lipinski definition) is 14. The van der Waals surface area contributed by atoms with E-state index < -0.39 is 6.03 Å². The highest BCUT2D eigenvalue weighted by Gasteiger charge is 2.34. The molecule has 0 aromatic carbocycles. The molecule has 0 spiro atoms. The van der Waals surface area contributed by atoms with Crippen molar-refractivity contribution in [2.24, 2.45) is 17.5 Å². The van der Waals surface area contributed by atoms with Gasteiger partial charge in [0.2, 0.25) is 0 Å². The highest BCUT2D eigenvalue weighted by Crippen LogP contribution is 2.06.